The normalized spacial score (nSPS) is 19.7. The highest BCUT2D eigenvalue weighted by Gasteiger charge is 2.34. The summed E-state index contributed by atoms with van der Waals surface area (Å²) in [4.78, 5) is 16.3. The van der Waals surface area contributed by atoms with E-state index in [0.29, 0.717) is 40.2 Å². The minimum absolute atomic E-state index is 0.225. The van der Waals surface area contributed by atoms with E-state index >= 15 is 0 Å². The molecule has 0 radical (unpaired) electrons. The highest BCUT2D eigenvalue weighted by atomic mass is 16.5. The monoisotopic (exact) mass is 371 g/mol. The topological polar surface area (TPSA) is 113 Å². The first kappa shape index (κ1) is 17.6. The number of aliphatic hydroxyl groups is 1. The fraction of sp³-hybridized carbons (Fsp3) is 0.368. The van der Waals surface area contributed by atoms with Gasteiger partial charge in [0, 0.05) is 36.3 Å². The molecule has 1 aliphatic rings. The number of amides is 1. The molecule has 0 spiro atoms. The lowest BCUT2D eigenvalue weighted by Gasteiger charge is -2.19. The van der Waals surface area contributed by atoms with Crippen LogP contribution in [0.25, 0.3) is 11.0 Å². The van der Waals surface area contributed by atoms with Gasteiger partial charge in [0.05, 0.1) is 24.9 Å². The number of nitrogens with zero attached hydrogens (tertiary/aromatic N) is 2. The number of benzene rings is 1. The zero-order chi connectivity index (χ0) is 19.1. The Bertz CT molecular complexity index is 1010. The lowest BCUT2D eigenvalue weighted by atomic mass is 9.90. The van der Waals surface area contributed by atoms with Gasteiger partial charge >= 0.3 is 0 Å². The van der Waals surface area contributed by atoms with Crippen LogP contribution in [0.4, 0.5) is 0 Å². The summed E-state index contributed by atoms with van der Waals surface area (Å²) < 4.78 is 19.1. The van der Waals surface area contributed by atoms with Gasteiger partial charge in [0.2, 0.25) is 0 Å². The summed E-state index contributed by atoms with van der Waals surface area (Å²) >= 11 is 0. The van der Waals surface area contributed by atoms with Crippen LogP contribution in [0.1, 0.15) is 33.4 Å². The Morgan fingerprint density at radius 1 is 1.44 bits per heavy atom. The van der Waals surface area contributed by atoms with E-state index in [4.69, 9.17) is 19.6 Å². The van der Waals surface area contributed by atoms with Crippen LogP contribution >= 0.6 is 0 Å². The number of aromatic nitrogens is 2. The molecule has 142 valence electrons. The summed E-state index contributed by atoms with van der Waals surface area (Å²) in [6.07, 6.45) is 2.83. The molecule has 1 amide bonds. The summed E-state index contributed by atoms with van der Waals surface area (Å²) in [6, 6.07) is 3.52. The molecule has 1 fully saturated rings. The van der Waals surface area contributed by atoms with Crippen LogP contribution in [-0.4, -0.2) is 39.9 Å². The molecule has 3 heterocycles. The van der Waals surface area contributed by atoms with E-state index in [1.165, 1.54) is 0 Å². The Morgan fingerprint density at radius 2 is 2.26 bits per heavy atom. The summed E-state index contributed by atoms with van der Waals surface area (Å²) in [5.41, 5.74) is 7.11. The quantitative estimate of drug-likeness (QED) is 0.705. The SMILES string of the molecule is Cc1oc2ccc(OCc3nccn3C)c([C@@H]3COC[C@H]3O)c2c1C(N)=O. The van der Waals surface area contributed by atoms with Crippen molar-refractivity contribution in [2.75, 3.05) is 13.2 Å². The first-order chi connectivity index (χ1) is 13.0. The van der Waals surface area contributed by atoms with Gasteiger partial charge in [-0.1, -0.05) is 0 Å². The molecule has 27 heavy (non-hydrogen) atoms. The molecular weight excluding hydrogens is 350 g/mol. The molecule has 2 atom stereocenters. The van der Waals surface area contributed by atoms with E-state index in [-0.39, 0.29) is 19.1 Å². The number of carbonyl (C=O) groups excluding carboxylic acids is 1. The minimum Gasteiger partial charge on any atom is -0.485 e. The van der Waals surface area contributed by atoms with Crippen molar-refractivity contribution in [3.8, 4) is 5.75 Å². The second-order valence-electron chi connectivity index (χ2n) is 6.70. The van der Waals surface area contributed by atoms with E-state index < -0.39 is 12.0 Å². The van der Waals surface area contributed by atoms with E-state index in [1.54, 1.807) is 25.3 Å². The lowest BCUT2D eigenvalue weighted by molar-refractivity contribution is 0.1000. The second kappa shape index (κ2) is 6.71. The molecular formula is C19H21N3O5. The molecule has 8 nitrogen and oxygen atoms in total. The van der Waals surface area contributed by atoms with Gasteiger partial charge in [-0.3, -0.25) is 4.79 Å². The first-order valence-electron chi connectivity index (χ1n) is 8.68. The molecule has 3 aromatic rings. The Labute approximate surface area is 155 Å². The van der Waals surface area contributed by atoms with Crippen molar-refractivity contribution in [2.24, 2.45) is 12.8 Å². The van der Waals surface area contributed by atoms with Crippen LogP contribution in [0.2, 0.25) is 0 Å². The van der Waals surface area contributed by atoms with E-state index in [1.807, 2.05) is 17.8 Å². The number of ether oxygens (including phenoxy) is 2. The molecule has 1 aromatic carbocycles. The van der Waals surface area contributed by atoms with Gasteiger partial charge in [0.1, 0.15) is 29.5 Å². The number of nitrogens with two attached hydrogens (primary N) is 1. The van der Waals surface area contributed by atoms with E-state index in [9.17, 15) is 9.90 Å². The molecule has 0 unspecified atom stereocenters. The second-order valence-corrected chi connectivity index (χ2v) is 6.70. The third-order valence-electron chi connectivity index (χ3n) is 4.98. The van der Waals surface area contributed by atoms with E-state index in [0.717, 1.165) is 5.82 Å². The predicted molar refractivity (Wildman–Crippen MR) is 96.6 cm³/mol. The van der Waals surface area contributed by atoms with E-state index in [2.05, 4.69) is 4.98 Å². The molecule has 0 bridgehead atoms. The number of primary amides is 1. The Kier molecular flexibility index (Phi) is 4.37. The van der Waals surface area contributed by atoms with Crippen molar-refractivity contribution >= 4 is 16.9 Å². The Hall–Kier alpha value is -2.84. The molecule has 1 saturated heterocycles. The summed E-state index contributed by atoms with van der Waals surface area (Å²) in [5, 5.41) is 11.0. The molecule has 3 N–H and O–H groups in total. The molecule has 4 rings (SSSR count). The number of aliphatic hydroxyl groups excluding tert-OH is 1. The van der Waals surface area contributed by atoms with Gasteiger partial charge in [0.15, 0.2) is 0 Å². The van der Waals surface area contributed by atoms with Crippen molar-refractivity contribution in [3.63, 3.8) is 0 Å². The number of hydrogen-bond acceptors (Lipinski definition) is 6. The van der Waals surface area contributed by atoms with Crippen molar-refractivity contribution < 1.29 is 23.8 Å². The highest BCUT2D eigenvalue weighted by molar-refractivity contribution is 6.08. The van der Waals surface area contributed by atoms with Crippen molar-refractivity contribution in [1.29, 1.82) is 0 Å². The highest BCUT2D eigenvalue weighted by Crippen LogP contribution is 2.41. The van der Waals surface area contributed by atoms with Crippen LogP contribution < -0.4 is 10.5 Å². The fourth-order valence-corrected chi connectivity index (χ4v) is 3.60. The smallest absolute Gasteiger partial charge is 0.252 e. The maximum absolute atomic E-state index is 12.1. The van der Waals surface area contributed by atoms with Crippen LogP contribution in [0.3, 0.4) is 0 Å². The van der Waals surface area contributed by atoms with Gasteiger partial charge in [-0.25, -0.2) is 4.98 Å². The summed E-state index contributed by atoms with van der Waals surface area (Å²) in [7, 11) is 1.88. The lowest BCUT2D eigenvalue weighted by Crippen LogP contribution is -2.19. The Balaban J connectivity index is 1.86. The average molecular weight is 371 g/mol. The van der Waals surface area contributed by atoms with Crippen LogP contribution in [0.5, 0.6) is 5.75 Å². The number of furan rings is 1. The van der Waals surface area contributed by atoms with Gasteiger partial charge in [-0.05, 0) is 19.1 Å². The standard InChI is InChI=1S/C19H21N3O5/c1-10-16(19(20)24)18-14(27-10)4-3-13(17(18)11-7-25-8-12(11)23)26-9-15-21-5-6-22(15)2/h3-6,11-12,23H,7-9H2,1-2H3,(H2,20,24)/t11-,12-/m1/s1. The number of imidazole rings is 1. The summed E-state index contributed by atoms with van der Waals surface area (Å²) in [5.74, 6) is 0.807. The molecule has 0 saturated carbocycles. The largest absolute Gasteiger partial charge is 0.485 e. The third-order valence-corrected chi connectivity index (χ3v) is 4.98. The zero-order valence-corrected chi connectivity index (χ0v) is 15.1. The van der Waals surface area contributed by atoms with Crippen LogP contribution in [0, 0.1) is 6.92 Å². The maximum atomic E-state index is 12.1. The van der Waals surface area contributed by atoms with Crippen molar-refractivity contribution in [2.45, 2.75) is 25.6 Å². The number of rotatable bonds is 5. The van der Waals surface area contributed by atoms with Gasteiger partial charge < -0.3 is 29.3 Å². The molecule has 8 heteroatoms. The maximum Gasteiger partial charge on any atom is 0.252 e. The van der Waals surface area contributed by atoms with Gasteiger partial charge in [-0.15, -0.1) is 0 Å². The average Bonchev–Trinajstić information content (AvgIpc) is 3.30. The first-order valence-corrected chi connectivity index (χ1v) is 8.68. The van der Waals surface area contributed by atoms with Crippen LogP contribution in [0.15, 0.2) is 28.9 Å². The molecule has 0 aliphatic carbocycles. The van der Waals surface area contributed by atoms with Gasteiger partial charge in [-0.2, -0.15) is 0 Å². The van der Waals surface area contributed by atoms with Crippen molar-refractivity contribution in [3.05, 3.63) is 47.2 Å². The zero-order valence-electron chi connectivity index (χ0n) is 15.1. The van der Waals surface area contributed by atoms with Crippen LogP contribution in [-0.2, 0) is 18.4 Å². The van der Waals surface area contributed by atoms with Gasteiger partial charge in [0.25, 0.3) is 5.91 Å². The minimum atomic E-state index is -0.706. The third kappa shape index (κ3) is 2.96. The van der Waals surface area contributed by atoms with Crippen molar-refractivity contribution in [1.82, 2.24) is 9.55 Å². The predicted octanol–water partition coefficient (Wildman–Crippen LogP) is 1.63. The Morgan fingerprint density at radius 3 is 2.89 bits per heavy atom. The number of carbonyl (C=O) groups is 1. The fourth-order valence-electron chi connectivity index (χ4n) is 3.60. The molecule has 2 aromatic heterocycles. The summed E-state index contributed by atoms with van der Waals surface area (Å²) in [6.45, 7) is 2.48. The molecule has 1 aliphatic heterocycles. The number of aryl methyl sites for hydroxylation is 2. The number of fused-ring (bicyclic) bond motifs is 1. The number of hydrogen-bond donors (Lipinski definition) is 2.